The molecule has 0 bridgehead atoms. The second kappa shape index (κ2) is 15.2. The lowest BCUT2D eigenvalue weighted by Crippen LogP contribution is -2.44. The van der Waals surface area contributed by atoms with Crippen LogP contribution in [0.15, 0.2) is 30.5 Å². The molecule has 0 saturated carbocycles. The Morgan fingerprint density at radius 2 is 1.89 bits per heavy atom. The highest BCUT2D eigenvalue weighted by atomic mass is 16.2. The van der Waals surface area contributed by atoms with Crippen molar-refractivity contribution in [3.05, 3.63) is 36.0 Å². The van der Waals surface area contributed by atoms with Gasteiger partial charge in [-0.1, -0.05) is 39.0 Å². The summed E-state index contributed by atoms with van der Waals surface area (Å²) in [6, 6.07) is 7.17. The van der Waals surface area contributed by atoms with Crippen molar-refractivity contribution in [1.82, 2.24) is 20.9 Å². The van der Waals surface area contributed by atoms with E-state index in [9.17, 15) is 14.4 Å². The highest BCUT2D eigenvalue weighted by Gasteiger charge is 2.17. The van der Waals surface area contributed by atoms with Crippen molar-refractivity contribution in [1.29, 1.82) is 0 Å². The van der Waals surface area contributed by atoms with Gasteiger partial charge in [0.25, 0.3) is 0 Å². The molecule has 1 unspecified atom stereocenters. The van der Waals surface area contributed by atoms with Gasteiger partial charge in [-0.05, 0) is 31.5 Å². The van der Waals surface area contributed by atoms with Gasteiger partial charge in [0, 0.05) is 23.6 Å². The predicted molar refractivity (Wildman–Crippen MR) is 113 cm³/mol. The number of rotatable bonds is 8. The Bertz CT molecular complexity index is 715. The molecule has 0 radical (unpaired) electrons. The summed E-state index contributed by atoms with van der Waals surface area (Å²) >= 11 is 0. The monoisotopic (exact) mass is 391 g/mol. The smallest absolute Gasteiger partial charge is 0.312 e. The number of carbonyl (C=O) groups excluding carboxylic acids is 3. The molecule has 0 fully saturated rings. The molecule has 1 aromatic heterocycles. The molecule has 0 saturated heterocycles. The van der Waals surface area contributed by atoms with Gasteiger partial charge < -0.3 is 31.5 Å². The second-order valence-electron chi connectivity index (χ2n) is 5.61. The number of aromatic nitrogens is 1. The number of nitrogens with two attached hydrogens (primary N) is 1. The van der Waals surface area contributed by atoms with Gasteiger partial charge in [0.15, 0.2) is 0 Å². The summed E-state index contributed by atoms with van der Waals surface area (Å²) in [5.74, 6) is -0.167. The molecule has 8 heteroatoms. The molecule has 0 spiro atoms. The Morgan fingerprint density at radius 1 is 1.21 bits per heavy atom. The van der Waals surface area contributed by atoms with E-state index < -0.39 is 6.03 Å². The quantitative estimate of drug-likeness (QED) is 0.439. The lowest BCUT2D eigenvalue weighted by molar-refractivity contribution is -0.124. The van der Waals surface area contributed by atoms with Crippen molar-refractivity contribution >= 4 is 29.1 Å². The lowest BCUT2D eigenvalue weighted by atomic mass is 10.0. The molecule has 0 aliphatic heterocycles. The molecule has 1 atom stereocenters. The zero-order chi connectivity index (χ0) is 21.4. The zero-order valence-electron chi connectivity index (χ0n) is 17.2. The van der Waals surface area contributed by atoms with Crippen molar-refractivity contribution in [3.8, 4) is 0 Å². The van der Waals surface area contributed by atoms with Gasteiger partial charge in [0.2, 0.25) is 5.91 Å². The number of aldehydes is 1. The summed E-state index contributed by atoms with van der Waals surface area (Å²) in [5, 5.41) is 9.09. The van der Waals surface area contributed by atoms with E-state index in [-0.39, 0.29) is 18.5 Å². The number of amides is 3. The maximum Gasteiger partial charge on any atom is 0.312 e. The van der Waals surface area contributed by atoms with Crippen LogP contribution in [0, 0.1) is 0 Å². The number of carbonyl (C=O) groups is 3. The van der Waals surface area contributed by atoms with Crippen molar-refractivity contribution in [2.75, 3.05) is 20.1 Å². The molecule has 1 heterocycles. The molecule has 8 nitrogen and oxygen atoms in total. The van der Waals surface area contributed by atoms with Crippen LogP contribution in [0.3, 0.4) is 0 Å². The van der Waals surface area contributed by atoms with Gasteiger partial charge in [-0.2, -0.15) is 0 Å². The minimum atomic E-state index is -0.443. The summed E-state index contributed by atoms with van der Waals surface area (Å²) in [4.78, 5) is 35.2. The number of hydrogen-bond donors (Lipinski definition) is 5. The third-order valence-corrected chi connectivity index (χ3v) is 3.67. The van der Waals surface area contributed by atoms with Crippen LogP contribution in [-0.2, 0) is 16.0 Å². The van der Waals surface area contributed by atoms with Gasteiger partial charge in [-0.3, -0.25) is 4.79 Å². The van der Waals surface area contributed by atoms with Gasteiger partial charge in [0.05, 0.1) is 12.6 Å². The average Bonchev–Trinajstić information content (AvgIpc) is 3.13. The van der Waals surface area contributed by atoms with E-state index in [1.807, 2.05) is 51.2 Å². The number of para-hydroxylation sites is 1. The molecule has 3 amide bonds. The Morgan fingerprint density at radius 3 is 2.43 bits per heavy atom. The standard InChI is InChI=1S/C14H17N3O2.C4H10N2O.C2H6/c1-15-13(14(19)16-6-7-18)8-10-9-17-12-5-3-2-4-11(10)12;1-2-3-6-4(5)7;1-2/h2-5,7,9,13,15,17H,6,8H2,1H3,(H,16,19);2-3H2,1H3,(H3,5,6,7);1-2H3. The maximum atomic E-state index is 11.9. The van der Waals surface area contributed by atoms with Crippen molar-refractivity contribution in [3.63, 3.8) is 0 Å². The van der Waals surface area contributed by atoms with E-state index in [0.29, 0.717) is 19.3 Å². The first-order chi connectivity index (χ1) is 13.5. The summed E-state index contributed by atoms with van der Waals surface area (Å²) < 4.78 is 0. The molecule has 2 aromatic rings. The Hall–Kier alpha value is -2.87. The van der Waals surface area contributed by atoms with E-state index in [1.165, 1.54) is 0 Å². The minimum absolute atomic E-state index is 0.0465. The van der Waals surface area contributed by atoms with Crippen LogP contribution >= 0.6 is 0 Å². The molecule has 0 aliphatic rings. The zero-order valence-corrected chi connectivity index (χ0v) is 17.2. The summed E-state index contributed by atoms with van der Waals surface area (Å²) in [6.45, 7) is 6.69. The van der Waals surface area contributed by atoms with Gasteiger partial charge >= 0.3 is 6.03 Å². The Balaban J connectivity index is 0.000000688. The number of urea groups is 1. The van der Waals surface area contributed by atoms with E-state index in [1.54, 1.807) is 7.05 Å². The highest BCUT2D eigenvalue weighted by molar-refractivity contribution is 5.86. The molecule has 28 heavy (non-hydrogen) atoms. The first-order valence-electron chi connectivity index (χ1n) is 9.50. The number of H-pyrrole nitrogens is 1. The molecule has 1 aromatic carbocycles. The van der Waals surface area contributed by atoms with Crippen LogP contribution in [0.1, 0.15) is 32.8 Å². The van der Waals surface area contributed by atoms with Crippen molar-refractivity contribution in [2.45, 2.75) is 39.7 Å². The first kappa shape index (κ1) is 25.1. The SMILES string of the molecule is CC.CCCNC(N)=O.CNC(Cc1c[nH]c2ccccc12)C(=O)NCC=O. The number of aromatic amines is 1. The molecule has 6 N–H and O–H groups in total. The van der Waals surface area contributed by atoms with Gasteiger partial charge in [-0.15, -0.1) is 0 Å². The number of likely N-dealkylation sites (N-methyl/N-ethyl adjacent to an activating group) is 1. The second-order valence-corrected chi connectivity index (χ2v) is 5.61. The number of hydrogen-bond acceptors (Lipinski definition) is 4. The number of primary amides is 1. The van der Waals surface area contributed by atoms with Crippen LogP contribution in [0.4, 0.5) is 4.79 Å². The van der Waals surface area contributed by atoms with Crippen LogP contribution in [0.2, 0.25) is 0 Å². The van der Waals surface area contributed by atoms with E-state index in [2.05, 4.69) is 20.9 Å². The summed E-state index contributed by atoms with van der Waals surface area (Å²) in [7, 11) is 1.74. The molecular formula is C20H33N5O3. The summed E-state index contributed by atoms with van der Waals surface area (Å²) in [6.07, 6.45) is 4.10. The van der Waals surface area contributed by atoms with Crippen LogP contribution in [0.5, 0.6) is 0 Å². The molecule has 0 aliphatic carbocycles. The minimum Gasteiger partial charge on any atom is -0.361 e. The number of nitrogens with one attached hydrogen (secondary N) is 4. The van der Waals surface area contributed by atoms with E-state index in [0.717, 1.165) is 22.9 Å². The predicted octanol–water partition coefficient (Wildman–Crippen LogP) is 1.70. The Kier molecular flexibility index (Phi) is 13.7. The fourth-order valence-corrected chi connectivity index (χ4v) is 2.36. The molecule has 2 rings (SSSR count). The van der Waals surface area contributed by atoms with Crippen LogP contribution < -0.4 is 21.7 Å². The maximum absolute atomic E-state index is 11.9. The highest BCUT2D eigenvalue weighted by Crippen LogP contribution is 2.19. The van der Waals surface area contributed by atoms with Crippen molar-refractivity contribution < 1.29 is 14.4 Å². The molecule has 156 valence electrons. The average molecular weight is 392 g/mol. The summed E-state index contributed by atoms with van der Waals surface area (Å²) in [5.41, 5.74) is 6.86. The fourth-order valence-electron chi connectivity index (χ4n) is 2.36. The number of fused-ring (bicyclic) bond motifs is 1. The van der Waals surface area contributed by atoms with Crippen LogP contribution in [-0.4, -0.2) is 49.4 Å². The first-order valence-corrected chi connectivity index (χ1v) is 9.50. The van der Waals surface area contributed by atoms with Gasteiger partial charge in [-0.25, -0.2) is 4.79 Å². The lowest BCUT2D eigenvalue weighted by Gasteiger charge is -2.14. The fraction of sp³-hybridized carbons (Fsp3) is 0.450. The topological polar surface area (TPSA) is 129 Å². The third-order valence-electron chi connectivity index (χ3n) is 3.67. The number of benzene rings is 1. The van der Waals surface area contributed by atoms with Crippen molar-refractivity contribution in [2.24, 2.45) is 5.73 Å². The normalized spacial score (nSPS) is 10.6. The van der Waals surface area contributed by atoms with Crippen LogP contribution in [0.25, 0.3) is 10.9 Å². The van der Waals surface area contributed by atoms with E-state index in [4.69, 9.17) is 5.73 Å². The van der Waals surface area contributed by atoms with Gasteiger partial charge in [0.1, 0.15) is 6.29 Å². The largest absolute Gasteiger partial charge is 0.361 e. The third kappa shape index (κ3) is 9.18. The Labute approximate surface area is 166 Å². The molecular weight excluding hydrogens is 358 g/mol. The van der Waals surface area contributed by atoms with E-state index >= 15 is 0 Å².